The van der Waals surface area contributed by atoms with Crippen LogP contribution in [0.2, 0.25) is 0 Å². The first-order valence-corrected chi connectivity index (χ1v) is 7.53. The lowest BCUT2D eigenvalue weighted by Gasteiger charge is -2.31. The van der Waals surface area contributed by atoms with Crippen molar-refractivity contribution in [1.29, 1.82) is 0 Å². The summed E-state index contributed by atoms with van der Waals surface area (Å²) >= 11 is 0. The van der Waals surface area contributed by atoms with Crippen LogP contribution in [0.25, 0.3) is 0 Å². The van der Waals surface area contributed by atoms with E-state index in [1.807, 2.05) is 12.1 Å². The predicted octanol–water partition coefficient (Wildman–Crippen LogP) is 3.01. The third-order valence-corrected chi connectivity index (χ3v) is 4.54. The fourth-order valence-corrected chi connectivity index (χ4v) is 3.31. The first-order valence-electron chi connectivity index (χ1n) is 7.53. The molecule has 3 heteroatoms. The molecule has 2 aromatic rings. The molecule has 1 aliphatic rings. The quantitative estimate of drug-likeness (QED) is 0.669. The number of nitrogens with two attached hydrogens (primary N) is 1. The highest BCUT2D eigenvalue weighted by Gasteiger charge is 2.25. The number of hydrogen-bond acceptors (Lipinski definition) is 2. The summed E-state index contributed by atoms with van der Waals surface area (Å²) in [6, 6.07) is 15.6. The Morgan fingerprint density at radius 2 is 1.81 bits per heavy atom. The standard InChI is InChI=1S/C18H21FN2/c19-17-9-5-13(6-10-17)11-18(21-20)16-8-7-14-3-1-2-4-15(14)12-16/h1-6,9-10,16,18,21H,7-8,11-12,20H2. The molecular weight excluding hydrogens is 263 g/mol. The minimum absolute atomic E-state index is 0.192. The van der Waals surface area contributed by atoms with Gasteiger partial charge in [-0.3, -0.25) is 11.3 Å². The Bertz CT molecular complexity index is 594. The van der Waals surface area contributed by atoms with Gasteiger partial charge < -0.3 is 0 Å². The summed E-state index contributed by atoms with van der Waals surface area (Å²) in [4.78, 5) is 0. The summed E-state index contributed by atoms with van der Waals surface area (Å²) < 4.78 is 13.0. The zero-order chi connectivity index (χ0) is 14.7. The Hall–Kier alpha value is -1.71. The van der Waals surface area contributed by atoms with E-state index in [2.05, 4.69) is 29.7 Å². The number of nitrogens with one attached hydrogen (secondary N) is 1. The zero-order valence-electron chi connectivity index (χ0n) is 12.1. The van der Waals surface area contributed by atoms with Crippen molar-refractivity contribution >= 4 is 0 Å². The molecule has 3 N–H and O–H groups in total. The fourth-order valence-electron chi connectivity index (χ4n) is 3.31. The number of hydrogen-bond donors (Lipinski definition) is 2. The van der Waals surface area contributed by atoms with Crippen molar-refractivity contribution in [3.05, 3.63) is 71.0 Å². The molecule has 0 saturated carbocycles. The number of benzene rings is 2. The second kappa shape index (κ2) is 6.37. The van der Waals surface area contributed by atoms with Crippen LogP contribution < -0.4 is 11.3 Å². The van der Waals surface area contributed by atoms with Gasteiger partial charge >= 0.3 is 0 Å². The Morgan fingerprint density at radius 3 is 2.52 bits per heavy atom. The van der Waals surface area contributed by atoms with Crippen LogP contribution in [0.1, 0.15) is 23.1 Å². The van der Waals surface area contributed by atoms with Gasteiger partial charge in [-0.25, -0.2) is 4.39 Å². The van der Waals surface area contributed by atoms with Crippen LogP contribution in [-0.4, -0.2) is 6.04 Å². The molecule has 3 rings (SSSR count). The number of fused-ring (bicyclic) bond motifs is 1. The highest BCUT2D eigenvalue weighted by atomic mass is 19.1. The molecule has 110 valence electrons. The van der Waals surface area contributed by atoms with Crippen molar-refractivity contribution in [2.45, 2.75) is 31.7 Å². The number of aryl methyl sites for hydroxylation is 1. The van der Waals surface area contributed by atoms with Gasteiger partial charge in [0, 0.05) is 6.04 Å². The monoisotopic (exact) mass is 284 g/mol. The van der Waals surface area contributed by atoms with Crippen molar-refractivity contribution < 1.29 is 4.39 Å². The minimum atomic E-state index is -0.192. The van der Waals surface area contributed by atoms with E-state index in [-0.39, 0.29) is 11.9 Å². The molecule has 2 nitrogen and oxygen atoms in total. The fraction of sp³-hybridized carbons (Fsp3) is 0.333. The zero-order valence-corrected chi connectivity index (χ0v) is 12.1. The van der Waals surface area contributed by atoms with Crippen molar-refractivity contribution in [3.8, 4) is 0 Å². The van der Waals surface area contributed by atoms with Gasteiger partial charge in [0.25, 0.3) is 0 Å². The van der Waals surface area contributed by atoms with E-state index in [4.69, 9.17) is 5.84 Å². The van der Waals surface area contributed by atoms with Gasteiger partial charge in [0.2, 0.25) is 0 Å². The average molecular weight is 284 g/mol. The maximum atomic E-state index is 13.0. The number of hydrazine groups is 1. The van der Waals surface area contributed by atoms with Gasteiger partial charge in [0.05, 0.1) is 0 Å². The van der Waals surface area contributed by atoms with Crippen LogP contribution in [0.3, 0.4) is 0 Å². The molecule has 0 aromatic heterocycles. The summed E-state index contributed by atoms with van der Waals surface area (Å²) in [5.74, 6) is 6.11. The topological polar surface area (TPSA) is 38.0 Å². The van der Waals surface area contributed by atoms with Gasteiger partial charge in [-0.1, -0.05) is 36.4 Å². The van der Waals surface area contributed by atoms with Gasteiger partial charge in [0.15, 0.2) is 0 Å². The lowest BCUT2D eigenvalue weighted by molar-refractivity contribution is 0.321. The summed E-state index contributed by atoms with van der Waals surface area (Å²) in [6.07, 6.45) is 4.16. The molecule has 2 aromatic carbocycles. The van der Waals surface area contributed by atoms with Crippen LogP contribution in [-0.2, 0) is 19.3 Å². The molecule has 0 heterocycles. The van der Waals surface area contributed by atoms with Gasteiger partial charge in [-0.2, -0.15) is 0 Å². The summed E-state index contributed by atoms with van der Waals surface area (Å²) in [6.45, 7) is 0. The summed E-state index contributed by atoms with van der Waals surface area (Å²) in [7, 11) is 0. The molecule has 21 heavy (non-hydrogen) atoms. The van der Waals surface area contributed by atoms with Crippen molar-refractivity contribution in [3.63, 3.8) is 0 Å². The predicted molar refractivity (Wildman–Crippen MR) is 83.2 cm³/mol. The first kappa shape index (κ1) is 14.2. The average Bonchev–Trinajstić information content (AvgIpc) is 2.54. The first-order chi connectivity index (χ1) is 10.3. The van der Waals surface area contributed by atoms with Crippen LogP contribution >= 0.6 is 0 Å². The van der Waals surface area contributed by atoms with E-state index < -0.39 is 0 Å². The smallest absolute Gasteiger partial charge is 0.123 e. The molecule has 0 radical (unpaired) electrons. The largest absolute Gasteiger partial charge is 0.271 e. The lowest BCUT2D eigenvalue weighted by Crippen LogP contribution is -2.44. The SMILES string of the molecule is NNC(Cc1ccc(F)cc1)C1CCc2ccccc2C1. The number of rotatable bonds is 4. The molecule has 0 fully saturated rings. The van der Waals surface area contributed by atoms with Crippen LogP contribution in [0.4, 0.5) is 4.39 Å². The normalized spacial score (nSPS) is 19.0. The van der Waals surface area contributed by atoms with E-state index in [1.54, 1.807) is 0 Å². The third kappa shape index (κ3) is 3.31. The second-order valence-corrected chi connectivity index (χ2v) is 5.88. The Labute approximate surface area is 125 Å². The summed E-state index contributed by atoms with van der Waals surface area (Å²) in [5, 5.41) is 0. The van der Waals surface area contributed by atoms with E-state index in [0.29, 0.717) is 5.92 Å². The van der Waals surface area contributed by atoms with Gasteiger partial charge in [-0.15, -0.1) is 0 Å². The van der Waals surface area contributed by atoms with E-state index >= 15 is 0 Å². The molecule has 1 aliphatic carbocycles. The molecule has 0 amide bonds. The molecule has 2 atom stereocenters. The highest BCUT2D eigenvalue weighted by molar-refractivity contribution is 5.30. The van der Waals surface area contributed by atoms with Crippen LogP contribution in [0.15, 0.2) is 48.5 Å². The van der Waals surface area contributed by atoms with E-state index in [9.17, 15) is 4.39 Å². The summed E-state index contributed by atoms with van der Waals surface area (Å²) in [5.41, 5.74) is 7.00. The molecule has 0 bridgehead atoms. The molecular formula is C18H21FN2. The molecule has 0 aliphatic heterocycles. The van der Waals surface area contributed by atoms with E-state index in [1.165, 1.54) is 23.3 Å². The number of halogens is 1. The third-order valence-electron chi connectivity index (χ3n) is 4.54. The lowest BCUT2D eigenvalue weighted by atomic mass is 9.78. The van der Waals surface area contributed by atoms with Gasteiger partial charge in [-0.05, 0) is 60.4 Å². The highest BCUT2D eigenvalue weighted by Crippen LogP contribution is 2.28. The Balaban J connectivity index is 1.71. The van der Waals surface area contributed by atoms with Crippen molar-refractivity contribution in [2.75, 3.05) is 0 Å². The molecule has 2 unspecified atom stereocenters. The van der Waals surface area contributed by atoms with Crippen molar-refractivity contribution in [1.82, 2.24) is 5.43 Å². The van der Waals surface area contributed by atoms with E-state index in [0.717, 1.165) is 31.2 Å². The maximum absolute atomic E-state index is 13.0. The second-order valence-electron chi connectivity index (χ2n) is 5.88. The Morgan fingerprint density at radius 1 is 1.10 bits per heavy atom. The van der Waals surface area contributed by atoms with Crippen LogP contribution in [0.5, 0.6) is 0 Å². The molecule has 0 spiro atoms. The van der Waals surface area contributed by atoms with Gasteiger partial charge in [0.1, 0.15) is 5.82 Å². The molecule has 0 saturated heterocycles. The maximum Gasteiger partial charge on any atom is 0.123 e. The Kier molecular flexibility index (Phi) is 4.32. The van der Waals surface area contributed by atoms with Crippen molar-refractivity contribution in [2.24, 2.45) is 11.8 Å². The minimum Gasteiger partial charge on any atom is -0.271 e. The van der Waals surface area contributed by atoms with Crippen LogP contribution in [0, 0.1) is 11.7 Å².